The van der Waals surface area contributed by atoms with Crippen molar-refractivity contribution in [1.82, 2.24) is 9.97 Å². The van der Waals surface area contributed by atoms with Crippen molar-refractivity contribution in [2.24, 2.45) is 5.73 Å². The molecule has 4 N–H and O–H groups in total. The van der Waals surface area contributed by atoms with E-state index < -0.39 is 0 Å². The largest absolute Gasteiger partial charge is 0.341 e. The molecule has 0 spiro atoms. The van der Waals surface area contributed by atoms with E-state index in [4.69, 9.17) is 5.73 Å². The van der Waals surface area contributed by atoms with Gasteiger partial charge in [0, 0.05) is 0 Å². The number of aromatic amines is 1. The molecule has 0 amide bonds. The monoisotopic (exact) mass is 221 g/mol. The molecule has 0 unspecified atom stereocenters. The van der Waals surface area contributed by atoms with Crippen molar-refractivity contribution in [3.8, 4) is 0 Å². The summed E-state index contributed by atoms with van der Waals surface area (Å²) in [6, 6.07) is 7.98. The molecule has 0 aliphatic carbocycles. The van der Waals surface area contributed by atoms with Gasteiger partial charge in [0.25, 0.3) is 0 Å². The van der Waals surface area contributed by atoms with Crippen LogP contribution < -0.4 is 10.7 Å². The molecular weight excluding hydrogens is 208 g/mol. The fourth-order valence-corrected chi connectivity index (χ4v) is 1.87. The summed E-state index contributed by atoms with van der Waals surface area (Å²) in [5, 5.41) is 0.704. The first-order valence-electron chi connectivity index (χ1n) is 4.66. The first-order valence-corrected chi connectivity index (χ1v) is 5.65. The number of fused-ring (bicyclic) bond motifs is 1. The van der Waals surface area contributed by atoms with Crippen LogP contribution in [0.5, 0.6) is 0 Å². The number of hydrogen-bond acceptors (Lipinski definition) is 2. The first kappa shape index (κ1) is 10.0. The van der Waals surface area contributed by atoms with Crippen LogP contribution in [0.15, 0.2) is 24.3 Å². The lowest BCUT2D eigenvalue weighted by molar-refractivity contribution is -0.417. The summed E-state index contributed by atoms with van der Waals surface area (Å²) in [5.74, 6) is 1.70. The second-order valence-electron chi connectivity index (χ2n) is 3.10. The van der Waals surface area contributed by atoms with E-state index in [1.54, 1.807) is 7.05 Å². The minimum absolute atomic E-state index is 0.704. The Morgan fingerprint density at radius 3 is 3.07 bits per heavy atom. The molecule has 2 aromatic rings. The minimum atomic E-state index is 0.704. The average Bonchev–Trinajstić information content (AvgIpc) is 2.68. The zero-order valence-corrected chi connectivity index (χ0v) is 9.27. The van der Waals surface area contributed by atoms with Gasteiger partial charge >= 0.3 is 5.17 Å². The van der Waals surface area contributed by atoms with Crippen molar-refractivity contribution in [3.63, 3.8) is 0 Å². The van der Waals surface area contributed by atoms with Crippen molar-refractivity contribution in [3.05, 3.63) is 30.1 Å². The Labute approximate surface area is 92.0 Å². The summed E-state index contributed by atoms with van der Waals surface area (Å²) in [6.07, 6.45) is 0. The molecule has 0 bridgehead atoms. The Balaban J connectivity index is 2.15. The van der Waals surface area contributed by atoms with Crippen LogP contribution in [0.4, 0.5) is 0 Å². The normalized spacial score (nSPS) is 12.2. The molecule has 0 aliphatic rings. The van der Waals surface area contributed by atoms with Gasteiger partial charge in [-0.1, -0.05) is 12.1 Å². The van der Waals surface area contributed by atoms with E-state index in [-0.39, 0.29) is 0 Å². The summed E-state index contributed by atoms with van der Waals surface area (Å²) in [5.41, 5.74) is 7.70. The number of nitrogens with one attached hydrogen (secondary N) is 2. The summed E-state index contributed by atoms with van der Waals surface area (Å²) in [7, 11) is 1.81. The topological polar surface area (TPSA) is 68.7 Å². The maximum atomic E-state index is 5.64. The Hall–Kier alpha value is -1.49. The standard InChI is InChI=1S/C10H12N4S/c1-12-10(11)15-6-9-13-7-4-2-3-5-8(7)14-9/h2-5H,6H2,1H3,(H2,11,12)(H,13,14)/p+1. The number of imidazole rings is 1. The Morgan fingerprint density at radius 1 is 1.53 bits per heavy atom. The third-order valence-corrected chi connectivity index (χ3v) is 2.98. The summed E-state index contributed by atoms with van der Waals surface area (Å²) in [4.78, 5) is 10.6. The van der Waals surface area contributed by atoms with E-state index in [2.05, 4.69) is 15.0 Å². The van der Waals surface area contributed by atoms with Crippen LogP contribution in [0.25, 0.3) is 11.0 Å². The molecule has 2 rings (SSSR count). The number of H-pyrrole nitrogens is 1. The molecule has 0 saturated carbocycles. The molecule has 78 valence electrons. The smallest absolute Gasteiger partial charge is 0.302 e. The molecule has 1 aromatic carbocycles. The van der Waals surface area contributed by atoms with Crippen LogP contribution in [0.3, 0.4) is 0 Å². The van der Waals surface area contributed by atoms with E-state index in [9.17, 15) is 0 Å². The third kappa shape index (κ3) is 2.30. The summed E-state index contributed by atoms with van der Waals surface area (Å²) in [6.45, 7) is 0. The number of rotatable bonds is 2. The van der Waals surface area contributed by atoms with Gasteiger partial charge in [-0.3, -0.25) is 10.7 Å². The Morgan fingerprint density at radius 2 is 2.33 bits per heavy atom. The van der Waals surface area contributed by atoms with Gasteiger partial charge in [-0.25, -0.2) is 4.98 Å². The van der Waals surface area contributed by atoms with E-state index >= 15 is 0 Å². The molecule has 5 heteroatoms. The molecule has 4 nitrogen and oxygen atoms in total. The van der Waals surface area contributed by atoms with Gasteiger partial charge in [0.1, 0.15) is 5.82 Å². The number of amidine groups is 1. The van der Waals surface area contributed by atoms with Crippen molar-refractivity contribution in [1.29, 1.82) is 0 Å². The highest BCUT2D eigenvalue weighted by Crippen LogP contribution is 2.13. The molecule has 0 fully saturated rings. The van der Waals surface area contributed by atoms with Gasteiger partial charge in [-0.15, -0.1) is 0 Å². The predicted molar refractivity (Wildman–Crippen MR) is 63.5 cm³/mol. The molecular formula is C10H13N4S+. The van der Waals surface area contributed by atoms with E-state index in [0.717, 1.165) is 22.6 Å². The van der Waals surface area contributed by atoms with Gasteiger partial charge in [0.15, 0.2) is 0 Å². The Bertz CT molecular complexity index is 456. The fraction of sp³-hybridized carbons (Fsp3) is 0.200. The minimum Gasteiger partial charge on any atom is -0.341 e. The van der Waals surface area contributed by atoms with Crippen molar-refractivity contribution >= 4 is 28.0 Å². The number of nitrogens with two attached hydrogens (primary N) is 1. The highest BCUT2D eigenvalue weighted by molar-refractivity contribution is 8.12. The lowest BCUT2D eigenvalue weighted by Crippen LogP contribution is -2.69. The van der Waals surface area contributed by atoms with Crippen molar-refractivity contribution < 1.29 is 4.99 Å². The molecule has 0 atom stereocenters. The summed E-state index contributed by atoms with van der Waals surface area (Å²) < 4.78 is 0. The third-order valence-electron chi connectivity index (χ3n) is 2.05. The number of thioether (sulfide) groups is 1. The zero-order chi connectivity index (χ0) is 10.7. The summed E-state index contributed by atoms with van der Waals surface area (Å²) >= 11 is 1.53. The first-order chi connectivity index (χ1) is 7.29. The van der Waals surface area contributed by atoms with E-state index in [1.807, 2.05) is 24.3 Å². The number of para-hydroxylation sites is 2. The van der Waals surface area contributed by atoms with Crippen LogP contribution >= 0.6 is 11.8 Å². The number of benzene rings is 1. The SMILES string of the molecule is C[NH+]=C(N)SCc1nc2ccccc2[nH]1. The maximum Gasteiger partial charge on any atom is 0.302 e. The van der Waals surface area contributed by atoms with Gasteiger partial charge in [-0.05, 0) is 23.9 Å². The second-order valence-corrected chi connectivity index (χ2v) is 4.12. The quantitative estimate of drug-likeness (QED) is 0.487. The molecule has 0 radical (unpaired) electrons. The van der Waals surface area contributed by atoms with Crippen LogP contribution in [0.2, 0.25) is 0 Å². The second kappa shape index (κ2) is 4.35. The van der Waals surface area contributed by atoms with Crippen molar-refractivity contribution in [2.75, 3.05) is 7.05 Å². The van der Waals surface area contributed by atoms with E-state index in [0.29, 0.717) is 5.17 Å². The van der Waals surface area contributed by atoms with Gasteiger partial charge in [0.05, 0.1) is 23.8 Å². The van der Waals surface area contributed by atoms with E-state index in [1.165, 1.54) is 11.8 Å². The molecule has 0 saturated heterocycles. The highest BCUT2D eigenvalue weighted by Gasteiger charge is 2.04. The van der Waals surface area contributed by atoms with Crippen LogP contribution in [-0.4, -0.2) is 22.2 Å². The lowest BCUT2D eigenvalue weighted by atomic mass is 10.3. The van der Waals surface area contributed by atoms with Gasteiger partial charge in [-0.2, -0.15) is 0 Å². The Kier molecular flexibility index (Phi) is 2.91. The van der Waals surface area contributed by atoms with Crippen LogP contribution in [0, 0.1) is 0 Å². The maximum absolute atomic E-state index is 5.64. The molecule has 15 heavy (non-hydrogen) atoms. The fourth-order valence-electron chi connectivity index (χ4n) is 1.29. The van der Waals surface area contributed by atoms with Crippen molar-refractivity contribution in [2.45, 2.75) is 5.75 Å². The predicted octanol–water partition coefficient (Wildman–Crippen LogP) is -0.179. The van der Waals surface area contributed by atoms with Gasteiger partial charge < -0.3 is 4.98 Å². The van der Waals surface area contributed by atoms with Crippen LogP contribution in [0.1, 0.15) is 5.82 Å². The number of hydrogen-bond donors (Lipinski definition) is 3. The average molecular weight is 221 g/mol. The number of nitrogens with zero attached hydrogens (tertiary/aromatic N) is 1. The highest BCUT2D eigenvalue weighted by atomic mass is 32.2. The molecule has 0 aliphatic heterocycles. The zero-order valence-electron chi connectivity index (χ0n) is 8.45. The molecule has 1 heterocycles. The van der Waals surface area contributed by atoms with Crippen LogP contribution in [-0.2, 0) is 5.75 Å². The van der Waals surface area contributed by atoms with Gasteiger partial charge in [0.2, 0.25) is 0 Å². The molecule has 1 aromatic heterocycles. The lowest BCUT2D eigenvalue weighted by Gasteiger charge is -1.91. The number of aromatic nitrogens is 2.